The van der Waals surface area contributed by atoms with E-state index in [1.165, 1.54) is 24.3 Å². The summed E-state index contributed by atoms with van der Waals surface area (Å²) < 4.78 is 33.0. The number of ether oxygens (including phenoxy) is 1. The Balaban J connectivity index is 2.12. The number of non-ortho nitro benzene ring substituents is 1. The van der Waals surface area contributed by atoms with Gasteiger partial charge in [0.1, 0.15) is 0 Å². The quantitative estimate of drug-likeness (QED) is 0.265. The van der Waals surface area contributed by atoms with E-state index in [0.717, 1.165) is 19.3 Å². The third-order valence-corrected chi connectivity index (χ3v) is 7.27. The predicted molar refractivity (Wildman–Crippen MR) is 104 cm³/mol. The molecule has 1 saturated heterocycles. The molecule has 28 heavy (non-hydrogen) atoms. The molecule has 1 aliphatic heterocycles. The van der Waals surface area contributed by atoms with E-state index in [1.54, 1.807) is 11.2 Å². The summed E-state index contributed by atoms with van der Waals surface area (Å²) in [7, 11) is -3.78. The fourth-order valence-corrected chi connectivity index (χ4v) is 5.81. The van der Waals surface area contributed by atoms with Gasteiger partial charge in [0.2, 0.25) is 10.0 Å². The van der Waals surface area contributed by atoms with Gasteiger partial charge < -0.3 is 4.74 Å². The van der Waals surface area contributed by atoms with E-state index in [4.69, 9.17) is 4.74 Å². The van der Waals surface area contributed by atoms with Gasteiger partial charge in [-0.1, -0.05) is 6.42 Å². The van der Waals surface area contributed by atoms with E-state index in [-0.39, 0.29) is 22.6 Å². The number of sulfonamides is 1. The molecule has 156 valence electrons. The molecule has 1 heterocycles. The molecule has 1 aromatic carbocycles. The number of unbranched alkanes of at least 4 members (excludes halogenated alkanes) is 1. The standard InChI is InChI=1S/C19H28N2O6S/c1-4-27-18(22)8-6-5-7-15-13-14-19(2,3)20(15)28(25,26)17-11-9-16(10-12-17)21(23)24/h9-12,15H,4-8,13-14H2,1-3H3/t15-/m1/s1. The second-order valence-electron chi connectivity index (χ2n) is 7.61. The maximum Gasteiger partial charge on any atom is 0.305 e. The molecule has 0 spiro atoms. The van der Waals surface area contributed by atoms with Crippen molar-refractivity contribution in [3.8, 4) is 0 Å². The summed E-state index contributed by atoms with van der Waals surface area (Å²) >= 11 is 0. The third-order valence-electron chi connectivity index (χ3n) is 5.10. The number of benzene rings is 1. The van der Waals surface area contributed by atoms with Gasteiger partial charge in [0, 0.05) is 30.1 Å². The fraction of sp³-hybridized carbons (Fsp3) is 0.632. The molecule has 1 aliphatic rings. The number of carbonyl (C=O) groups excluding carboxylic acids is 1. The minimum Gasteiger partial charge on any atom is -0.466 e. The highest BCUT2D eigenvalue weighted by molar-refractivity contribution is 7.89. The first-order valence-electron chi connectivity index (χ1n) is 9.54. The average Bonchev–Trinajstić information content (AvgIpc) is 2.94. The molecule has 0 aromatic heterocycles. The van der Waals surface area contributed by atoms with Crippen LogP contribution in [0, 0.1) is 10.1 Å². The van der Waals surface area contributed by atoms with E-state index in [2.05, 4.69) is 0 Å². The van der Waals surface area contributed by atoms with Crippen molar-refractivity contribution in [1.29, 1.82) is 0 Å². The van der Waals surface area contributed by atoms with Gasteiger partial charge in [-0.3, -0.25) is 14.9 Å². The number of hydrogen-bond donors (Lipinski definition) is 0. The van der Waals surface area contributed by atoms with Gasteiger partial charge >= 0.3 is 5.97 Å². The van der Waals surface area contributed by atoms with Crippen LogP contribution in [0.4, 0.5) is 5.69 Å². The molecular weight excluding hydrogens is 384 g/mol. The Kier molecular flexibility index (Phi) is 7.16. The topological polar surface area (TPSA) is 107 Å². The molecule has 1 aromatic rings. The van der Waals surface area contributed by atoms with E-state index >= 15 is 0 Å². The van der Waals surface area contributed by atoms with Crippen LogP contribution >= 0.6 is 0 Å². The third kappa shape index (κ3) is 5.08. The van der Waals surface area contributed by atoms with Crippen molar-refractivity contribution in [2.45, 2.75) is 75.8 Å². The van der Waals surface area contributed by atoms with E-state index in [9.17, 15) is 23.3 Å². The van der Waals surface area contributed by atoms with Crippen molar-refractivity contribution in [2.75, 3.05) is 6.61 Å². The summed E-state index contributed by atoms with van der Waals surface area (Å²) in [5.74, 6) is -0.232. The molecule has 0 aliphatic carbocycles. The second kappa shape index (κ2) is 9.00. The van der Waals surface area contributed by atoms with Crippen LogP contribution < -0.4 is 0 Å². The van der Waals surface area contributed by atoms with Crippen LogP contribution in [0.3, 0.4) is 0 Å². The number of nitro benzene ring substituents is 1. The number of esters is 1. The van der Waals surface area contributed by atoms with Gasteiger partial charge in [-0.15, -0.1) is 0 Å². The molecule has 2 rings (SSSR count). The Bertz CT molecular complexity index is 804. The molecule has 8 nitrogen and oxygen atoms in total. The van der Waals surface area contributed by atoms with Gasteiger partial charge in [-0.2, -0.15) is 4.31 Å². The van der Waals surface area contributed by atoms with Crippen molar-refractivity contribution in [2.24, 2.45) is 0 Å². The first kappa shape index (κ1) is 22.3. The Labute approximate surface area is 166 Å². The van der Waals surface area contributed by atoms with E-state index in [0.29, 0.717) is 25.9 Å². The largest absolute Gasteiger partial charge is 0.466 e. The number of rotatable bonds is 9. The summed E-state index contributed by atoms with van der Waals surface area (Å²) in [6.07, 6.45) is 3.86. The number of nitro groups is 1. The van der Waals surface area contributed by atoms with Gasteiger partial charge in [0.05, 0.1) is 16.4 Å². The van der Waals surface area contributed by atoms with Crippen molar-refractivity contribution in [1.82, 2.24) is 4.31 Å². The zero-order valence-electron chi connectivity index (χ0n) is 16.6. The van der Waals surface area contributed by atoms with Crippen LogP contribution in [0.5, 0.6) is 0 Å². The maximum absolute atomic E-state index is 13.2. The molecule has 0 unspecified atom stereocenters. The molecule has 0 radical (unpaired) electrons. The van der Waals surface area contributed by atoms with E-state index < -0.39 is 20.5 Å². The van der Waals surface area contributed by atoms with Crippen LogP contribution in [0.2, 0.25) is 0 Å². The molecule has 1 fully saturated rings. The summed E-state index contributed by atoms with van der Waals surface area (Å²) in [5, 5.41) is 10.8. The van der Waals surface area contributed by atoms with Crippen molar-refractivity contribution < 1.29 is 22.9 Å². The van der Waals surface area contributed by atoms with Crippen molar-refractivity contribution in [3.05, 3.63) is 34.4 Å². The molecule has 1 atom stereocenters. The summed E-state index contributed by atoms with van der Waals surface area (Å²) in [5.41, 5.74) is -0.679. The lowest BCUT2D eigenvalue weighted by Gasteiger charge is -2.34. The molecule has 0 N–H and O–H groups in total. The Morgan fingerprint density at radius 1 is 1.29 bits per heavy atom. The lowest BCUT2D eigenvalue weighted by Crippen LogP contribution is -2.46. The van der Waals surface area contributed by atoms with Crippen LogP contribution in [0.15, 0.2) is 29.2 Å². The monoisotopic (exact) mass is 412 g/mol. The predicted octanol–water partition coefficient (Wildman–Crippen LogP) is 3.65. The minimum atomic E-state index is -3.78. The molecule has 0 saturated carbocycles. The van der Waals surface area contributed by atoms with Crippen LogP contribution in [0.25, 0.3) is 0 Å². The van der Waals surface area contributed by atoms with E-state index in [1.807, 2.05) is 13.8 Å². The molecule has 0 amide bonds. The second-order valence-corrected chi connectivity index (χ2v) is 9.42. The van der Waals surface area contributed by atoms with Crippen LogP contribution in [-0.4, -0.2) is 41.8 Å². The Morgan fingerprint density at radius 3 is 2.50 bits per heavy atom. The summed E-state index contributed by atoms with van der Waals surface area (Å²) in [6.45, 7) is 5.92. The molecular formula is C19H28N2O6S. The normalized spacial score (nSPS) is 19.5. The van der Waals surface area contributed by atoms with Gasteiger partial charge in [-0.25, -0.2) is 8.42 Å². The number of nitrogens with zero attached hydrogens (tertiary/aromatic N) is 2. The fourth-order valence-electron chi connectivity index (χ4n) is 3.76. The average molecular weight is 413 g/mol. The zero-order valence-corrected chi connectivity index (χ0v) is 17.4. The number of carbonyl (C=O) groups is 1. The Morgan fingerprint density at radius 2 is 1.93 bits per heavy atom. The first-order chi connectivity index (χ1) is 13.1. The van der Waals surface area contributed by atoms with Crippen LogP contribution in [-0.2, 0) is 19.6 Å². The highest BCUT2D eigenvalue weighted by Crippen LogP contribution is 2.40. The summed E-state index contributed by atoms with van der Waals surface area (Å²) in [6, 6.07) is 4.85. The highest BCUT2D eigenvalue weighted by atomic mass is 32.2. The van der Waals surface area contributed by atoms with Crippen LogP contribution in [0.1, 0.15) is 59.3 Å². The first-order valence-corrected chi connectivity index (χ1v) is 11.0. The molecule has 9 heteroatoms. The minimum absolute atomic E-state index is 0.0598. The number of hydrogen-bond acceptors (Lipinski definition) is 6. The molecule has 0 bridgehead atoms. The smallest absolute Gasteiger partial charge is 0.305 e. The van der Waals surface area contributed by atoms with Gasteiger partial charge in [0.15, 0.2) is 0 Å². The van der Waals surface area contributed by atoms with Crippen molar-refractivity contribution >= 4 is 21.7 Å². The summed E-state index contributed by atoms with van der Waals surface area (Å²) in [4.78, 5) is 21.8. The maximum atomic E-state index is 13.2. The Hall–Kier alpha value is -2.00. The van der Waals surface area contributed by atoms with Crippen molar-refractivity contribution in [3.63, 3.8) is 0 Å². The SMILES string of the molecule is CCOC(=O)CCCC[C@@H]1CCC(C)(C)N1S(=O)(=O)c1ccc([N+](=O)[O-])cc1. The lowest BCUT2D eigenvalue weighted by molar-refractivity contribution is -0.384. The zero-order chi connectivity index (χ0) is 20.9. The van der Waals surface area contributed by atoms with Gasteiger partial charge in [0.25, 0.3) is 5.69 Å². The highest BCUT2D eigenvalue weighted by Gasteiger charge is 2.46. The lowest BCUT2D eigenvalue weighted by atomic mass is 10.0. The van der Waals surface area contributed by atoms with Gasteiger partial charge in [-0.05, 0) is 58.6 Å².